The summed E-state index contributed by atoms with van der Waals surface area (Å²) in [5.74, 6) is 0.280. The first-order chi connectivity index (χ1) is 12.2. The van der Waals surface area contributed by atoms with Gasteiger partial charge in [-0.1, -0.05) is 6.07 Å². The Morgan fingerprint density at radius 1 is 1.04 bits per heavy atom. The van der Waals surface area contributed by atoms with E-state index in [1.54, 1.807) is 9.80 Å². The molecule has 2 fully saturated rings. The van der Waals surface area contributed by atoms with Crippen molar-refractivity contribution in [2.45, 2.75) is 26.7 Å². The van der Waals surface area contributed by atoms with Gasteiger partial charge in [0.05, 0.1) is 11.5 Å². The number of hydrogen-bond donors (Lipinski definition) is 0. The number of benzene rings is 1. The zero-order valence-corrected chi connectivity index (χ0v) is 16.2. The summed E-state index contributed by atoms with van der Waals surface area (Å²) in [5.41, 5.74) is 2.94. The summed E-state index contributed by atoms with van der Waals surface area (Å²) in [6.07, 6.45) is 0.879. The predicted octanol–water partition coefficient (Wildman–Crippen LogP) is 1.41. The molecule has 0 radical (unpaired) electrons. The van der Waals surface area contributed by atoms with Crippen LogP contribution in [0.1, 0.15) is 34.3 Å². The molecule has 2 aliphatic rings. The van der Waals surface area contributed by atoms with Gasteiger partial charge >= 0.3 is 0 Å². The van der Waals surface area contributed by atoms with Crippen LogP contribution < -0.4 is 0 Å². The minimum atomic E-state index is -2.95. The number of rotatable bonds is 3. The Balaban J connectivity index is 1.53. The quantitative estimate of drug-likeness (QED) is 0.797. The number of sulfone groups is 1. The molecule has 3 rings (SSSR count). The molecule has 1 aromatic carbocycles. The summed E-state index contributed by atoms with van der Waals surface area (Å²) in [7, 11) is -2.95. The summed E-state index contributed by atoms with van der Waals surface area (Å²) < 4.78 is 23.1. The molecule has 0 N–H and O–H groups in total. The molecule has 6 nitrogen and oxygen atoms in total. The van der Waals surface area contributed by atoms with Gasteiger partial charge in [-0.25, -0.2) is 8.42 Å². The first-order valence-corrected chi connectivity index (χ1v) is 10.9. The lowest BCUT2D eigenvalue weighted by Crippen LogP contribution is -2.50. The third-order valence-electron chi connectivity index (χ3n) is 5.46. The van der Waals surface area contributed by atoms with E-state index in [1.165, 1.54) is 0 Å². The normalized spacial score (nSPS) is 22.5. The molecule has 2 saturated heterocycles. The number of nitrogens with zero attached hydrogens (tertiary/aromatic N) is 2. The Morgan fingerprint density at radius 2 is 1.69 bits per heavy atom. The topological polar surface area (TPSA) is 74.8 Å². The minimum Gasteiger partial charge on any atom is -0.339 e. The Morgan fingerprint density at radius 3 is 2.27 bits per heavy atom. The van der Waals surface area contributed by atoms with Crippen molar-refractivity contribution in [3.05, 3.63) is 34.9 Å². The van der Waals surface area contributed by atoms with E-state index in [9.17, 15) is 18.0 Å². The van der Waals surface area contributed by atoms with E-state index >= 15 is 0 Å². The molecule has 1 atom stereocenters. The lowest BCUT2D eigenvalue weighted by molar-refractivity contribution is -0.133. The molecule has 0 saturated carbocycles. The molecule has 1 unspecified atom stereocenters. The SMILES string of the molecule is Cc1ccc(C(=O)N2CCN(C(=O)CC3CCS(=O)(=O)C3)CC2)cc1C. The number of amides is 2. The predicted molar refractivity (Wildman–Crippen MR) is 99.8 cm³/mol. The second kappa shape index (κ2) is 7.39. The zero-order chi connectivity index (χ0) is 18.9. The first-order valence-electron chi connectivity index (χ1n) is 9.10. The number of carbonyl (C=O) groups excluding carboxylic acids is 2. The molecule has 0 spiro atoms. The highest BCUT2D eigenvalue weighted by Crippen LogP contribution is 2.23. The van der Waals surface area contributed by atoms with Gasteiger partial charge in [0.2, 0.25) is 5.91 Å². The van der Waals surface area contributed by atoms with Crippen LogP contribution in [-0.2, 0) is 14.6 Å². The fourth-order valence-corrected chi connectivity index (χ4v) is 5.49. The molecule has 2 heterocycles. The molecule has 26 heavy (non-hydrogen) atoms. The third-order valence-corrected chi connectivity index (χ3v) is 7.30. The van der Waals surface area contributed by atoms with E-state index in [2.05, 4.69) is 0 Å². The van der Waals surface area contributed by atoms with Gasteiger partial charge in [0, 0.05) is 38.2 Å². The third kappa shape index (κ3) is 4.26. The van der Waals surface area contributed by atoms with Crippen LogP contribution in [0.2, 0.25) is 0 Å². The van der Waals surface area contributed by atoms with E-state index < -0.39 is 9.84 Å². The molecular weight excluding hydrogens is 352 g/mol. The summed E-state index contributed by atoms with van der Waals surface area (Å²) >= 11 is 0. The number of hydrogen-bond acceptors (Lipinski definition) is 4. The monoisotopic (exact) mass is 378 g/mol. The summed E-state index contributed by atoms with van der Waals surface area (Å²) in [6, 6.07) is 5.72. The summed E-state index contributed by atoms with van der Waals surface area (Å²) in [5, 5.41) is 0. The van der Waals surface area contributed by atoms with Crippen molar-refractivity contribution in [2.24, 2.45) is 5.92 Å². The van der Waals surface area contributed by atoms with Crippen molar-refractivity contribution in [3.8, 4) is 0 Å². The summed E-state index contributed by atoms with van der Waals surface area (Å²) in [4.78, 5) is 28.6. The highest BCUT2D eigenvalue weighted by Gasteiger charge is 2.32. The maximum absolute atomic E-state index is 12.6. The van der Waals surface area contributed by atoms with Crippen LogP contribution in [0.15, 0.2) is 18.2 Å². The van der Waals surface area contributed by atoms with Crippen molar-refractivity contribution in [1.82, 2.24) is 9.80 Å². The Bertz CT molecular complexity index is 811. The second-order valence-electron chi connectivity index (χ2n) is 7.45. The molecule has 2 aliphatic heterocycles. The average Bonchev–Trinajstić information content (AvgIpc) is 2.95. The van der Waals surface area contributed by atoms with Crippen molar-refractivity contribution < 1.29 is 18.0 Å². The highest BCUT2D eigenvalue weighted by atomic mass is 32.2. The first kappa shape index (κ1) is 18.9. The van der Waals surface area contributed by atoms with Crippen molar-refractivity contribution >= 4 is 21.7 Å². The van der Waals surface area contributed by atoms with E-state index in [4.69, 9.17) is 0 Å². The van der Waals surface area contributed by atoms with Crippen LogP contribution in [0, 0.1) is 19.8 Å². The van der Waals surface area contributed by atoms with Crippen molar-refractivity contribution in [2.75, 3.05) is 37.7 Å². The van der Waals surface area contributed by atoms with Crippen molar-refractivity contribution in [1.29, 1.82) is 0 Å². The lowest BCUT2D eigenvalue weighted by atomic mass is 10.0. The number of carbonyl (C=O) groups is 2. The maximum atomic E-state index is 12.6. The summed E-state index contributed by atoms with van der Waals surface area (Å²) in [6.45, 7) is 6.06. The van der Waals surface area contributed by atoms with Gasteiger partial charge in [-0.2, -0.15) is 0 Å². The molecule has 142 valence electrons. The fourth-order valence-electron chi connectivity index (χ4n) is 3.63. The van der Waals surface area contributed by atoms with Gasteiger partial charge in [0.1, 0.15) is 0 Å². The molecule has 0 aliphatic carbocycles. The fraction of sp³-hybridized carbons (Fsp3) is 0.579. The number of piperazine rings is 1. The van der Waals surface area contributed by atoms with Gasteiger partial charge in [0.25, 0.3) is 5.91 Å². The van der Waals surface area contributed by atoms with Gasteiger partial charge in [-0.3, -0.25) is 9.59 Å². The van der Waals surface area contributed by atoms with E-state index in [1.807, 2.05) is 32.0 Å². The Hall–Kier alpha value is -1.89. The van der Waals surface area contributed by atoms with Crippen LogP contribution in [0.3, 0.4) is 0 Å². The molecule has 1 aromatic rings. The van der Waals surface area contributed by atoms with Crippen LogP contribution in [-0.4, -0.2) is 67.7 Å². The zero-order valence-electron chi connectivity index (χ0n) is 15.4. The van der Waals surface area contributed by atoms with E-state index in [0.717, 1.165) is 11.1 Å². The highest BCUT2D eigenvalue weighted by molar-refractivity contribution is 7.91. The smallest absolute Gasteiger partial charge is 0.253 e. The average molecular weight is 378 g/mol. The Labute approximate surface area is 155 Å². The maximum Gasteiger partial charge on any atom is 0.253 e. The van der Waals surface area contributed by atoms with Gasteiger partial charge in [-0.05, 0) is 49.4 Å². The largest absolute Gasteiger partial charge is 0.339 e. The molecule has 0 bridgehead atoms. The van der Waals surface area contributed by atoms with Crippen LogP contribution in [0.4, 0.5) is 0 Å². The second-order valence-corrected chi connectivity index (χ2v) is 9.67. The van der Waals surface area contributed by atoms with Gasteiger partial charge in [-0.15, -0.1) is 0 Å². The van der Waals surface area contributed by atoms with Gasteiger partial charge < -0.3 is 9.80 Å². The van der Waals surface area contributed by atoms with Crippen molar-refractivity contribution in [3.63, 3.8) is 0 Å². The van der Waals surface area contributed by atoms with Crippen LogP contribution in [0.25, 0.3) is 0 Å². The standard InChI is InChI=1S/C19H26N2O4S/c1-14-3-4-17(11-15(14)2)19(23)21-8-6-20(7-9-21)18(22)12-16-5-10-26(24,25)13-16/h3-4,11,16H,5-10,12-13H2,1-2H3. The van der Waals surface area contributed by atoms with E-state index in [-0.39, 0.29) is 29.2 Å². The lowest BCUT2D eigenvalue weighted by Gasteiger charge is -2.35. The molecular formula is C19H26N2O4S. The van der Waals surface area contributed by atoms with E-state index in [0.29, 0.717) is 44.6 Å². The van der Waals surface area contributed by atoms with Crippen LogP contribution in [0.5, 0.6) is 0 Å². The van der Waals surface area contributed by atoms with Gasteiger partial charge in [0.15, 0.2) is 9.84 Å². The van der Waals surface area contributed by atoms with Crippen LogP contribution >= 0.6 is 0 Å². The molecule has 7 heteroatoms. The Kier molecular flexibility index (Phi) is 5.37. The molecule has 2 amide bonds. The molecule has 0 aromatic heterocycles. The number of aryl methyl sites for hydroxylation is 2. The minimum absolute atomic E-state index is 0.00193.